The lowest BCUT2D eigenvalue weighted by Gasteiger charge is -2.53. The molecule has 0 N–H and O–H groups in total. The van der Waals surface area contributed by atoms with Crippen LogP contribution >= 0.6 is 25.3 Å². The van der Waals surface area contributed by atoms with Crippen molar-refractivity contribution < 1.29 is 28.5 Å². The molecule has 0 saturated heterocycles. The first-order chi connectivity index (χ1) is 22.6. The Hall–Kier alpha value is -2.32. The van der Waals surface area contributed by atoms with Crippen molar-refractivity contribution in [1.29, 1.82) is 0 Å². The van der Waals surface area contributed by atoms with Crippen LogP contribution in [-0.4, -0.2) is 36.7 Å². The minimum atomic E-state index is -0.526. The summed E-state index contributed by atoms with van der Waals surface area (Å²) >= 11 is 8.55. The number of esters is 2. The average Bonchev–Trinajstić information content (AvgIpc) is 3.03. The van der Waals surface area contributed by atoms with Crippen molar-refractivity contribution in [3.63, 3.8) is 0 Å². The molecule has 0 aromatic heterocycles. The van der Waals surface area contributed by atoms with E-state index in [-0.39, 0.29) is 23.8 Å². The van der Waals surface area contributed by atoms with Crippen LogP contribution in [0.2, 0.25) is 0 Å². The quantitative estimate of drug-likeness (QED) is 0.0564. The average molecular weight is 669 g/mol. The van der Waals surface area contributed by atoms with Gasteiger partial charge in [-0.1, -0.05) is 89.2 Å². The Balaban J connectivity index is 1.11. The maximum absolute atomic E-state index is 13.1. The van der Waals surface area contributed by atoms with E-state index in [1.54, 1.807) is 0 Å². The molecule has 2 aliphatic heterocycles. The molecule has 0 unspecified atom stereocenters. The number of fused-ring (bicyclic) bond motifs is 8. The minimum Gasteiger partial charge on any atom is -0.493 e. The van der Waals surface area contributed by atoms with Crippen LogP contribution < -0.4 is 18.9 Å². The van der Waals surface area contributed by atoms with Crippen LogP contribution in [0.25, 0.3) is 0 Å². The van der Waals surface area contributed by atoms with Gasteiger partial charge in [0.05, 0.1) is 25.0 Å². The van der Waals surface area contributed by atoms with Crippen LogP contribution in [0.5, 0.6) is 23.0 Å². The van der Waals surface area contributed by atoms with Crippen LogP contribution in [0, 0.1) is 11.8 Å². The fourth-order valence-electron chi connectivity index (χ4n) is 7.33. The van der Waals surface area contributed by atoms with Gasteiger partial charge in [-0.3, -0.25) is 9.59 Å². The normalized spacial score (nSPS) is 20.8. The summed E-state index contributed by atoms with van der Waals surface area (Å²) in [6.07, 6.45) is 19.5. The van der Waals surface area contributed by atoms with E-state index in [1.807, 2.05) is 36.4 Å². The fraction of sp³-hybridized carbons (Fsp3) is 0.632. The fourth-order valence-corrected chi connectivity index (χ4v) is 7.77. The van der Waals surface area contributed by atoms with Gasteiger partial charge < -0.3 is 18.9 Å². The summed E-state index contributed by atoms with van der Waals surface area (Å²) in [4.78, 5) is 26.2. The molecule has 5 rings (SSSR count). The third kappa shape index (κ3) is 8.97. The highest BCUT2D eigenvalue weighted by molar-refractivity contribution is 7.80. The Kier molecular flexibility index (Phi) is 13.9. The molecule has 2 aromatic carbocycles. The van der Waals surface area contributed by atoms with E-state index in [0.717, 1.165) is 48.3 Å². The minimum absolute atomic E-state index is 0.126. The van der Waals surface area contributed by atoms with E-state index in [0.29, 0.717) is 36.2 Å². The largest absolute Gasteiger partial charge is 0.493 e. The molecule has 1 saturated carbocycles. The third-order valence-corrected chi connectivity index (χ3v) is 10.5. The summed E-state index contributed by atoms with van der Waals surface area (Å²) < 4.78 is 23.6. The molecule has 3 aliphatic rings. The van der Waals surface area contributed by atoms with E-state index in [1.165, 1.54) is 77.0 Å². The molecule has 2 heterocycles. The highest BCUT2D eigenvalue weighted by atomic mass is 32.1. The molecule has 4 atom stereocenters. The number of carbonyl (C=O) groups is 2. The maximum atomic E-state index is 13.1. The Labute approximate surface area is 286 Å². The second kappa shape index (κ2) is 18.3. The smallest absolute Gasteiger partial charge is 0.315 e. The molecule has 252 valence electrons. The number of rotatable bonds is 22. The second-order valence-electron chi connectivity index (χ2n) is 13.1. The predicted octanol–water partition coefficient (Wildman–Crippen LogP) is 9.50. The van der Waals surface area contributed by atoms with Gasteiger partial charge in [0, 0.05) is 24.0 Å². The van der Waals surface area contributed by atoms with E-state index in [9.17, 15) is 9.59 Å². The van der Waals surface area contributed by atoms with Gasteiger partial charge in [0.1, 0.15) is 23.0 Å². The molecule has 8 heteroatoms. The van der Waals surface area contributed by atoms with Crippen LogP contribution in [0.3, 0.4) is 0 Å². The predicted molar refractivity (Wildman–Crippen MR) is 189 cm³/mol. The first kappa shape index (κ1) is 35.0. The van der Waals surface area contributed by atoms with Crippen LogP contribution in [0.15, 0.2) is 36.4 Å². The molecule has 6 nitrogen and oxygen atoms in total. The van der Waals surface area contributed by atoms with Gasteiger partial charge in [-0.25, -0.2) is 0 Å². The van der Waals surface area contributed by atoms with E-state index in [4.69, 9.17) is 18.9 Å². The molecule has 0 spiro atoms. The summed E-state index contributed by atoms with van der Waals surface area (Å²) in [5.74, 6) is 2.46. The van der Waals surface area contributed by atoms with Crippen molar-refractivity contribution in [1.82, 2.24) is 0 Å². The standard InChI is InChI=1S/C38H52O6S2/c39-37-35-33(29-19-17-27(25-31(29)43-37)41-21-13-9-5-1-3-7-11-15-23-45)34-30-20-18-28(26-32(30)44-38(40)36(34)35)42-22-14-10-6-2-4-8-12-16-24-46/h17-20,25-26,33-36,45-46H,1-16,21-24H2/t33-,34+,35-,36+. The van der Waals surface area contributed by atoms with Gasteiger partial charge >= 0.3 is 11.9 Å². The van der Waals surface area contributed by atoms with Gasteiger partial charge in [0.2, 0.25) is 0 Å². The maximum Gasteiger partial charge on any atom is 0.315 e. The Morgan fingerprint density at radius 2 is 0.826 bits per heavy atom. The second-order valence-corrected chi connectivity index (χ2v) is 14.0. The van der Waals surface area contributed by atoms with Crippen LogP contribution in [-0.2, 0) is 9.59 Å². The SMILES string of the molecule is O=C1Oc2cc(OCCCCCCCCCCS)ccc2[C@@H]2[C@H]1[C@@H]1C(=O)Oc3cc(OCCCCCCCCCCS)ccc3[C@@H]12. The number of hydrogen-bond donors (Lipinski definition) is 2. The first-order valence-electron chi connectivity index (χ1n) is 17.8. The van der Waals surface area contributed by atoms with Crippen molar-refractivity contribution in [2.24, 2.45) is 11.8 Å². The number of carbonyl (C=O) groups excluding carboxylic acids is 2. The molecule has 2 aromatic rings. The Morgan fingerprint density at radius 1 is 0.478 bits per heavy atom. The first-order valence-corrected chi connectivity index (χ1v) is 19.1. The molecular weight excluding hydrogens is 617 g/mol. The summed E-state index contributed by atoms with van der Waals surface area (Å²) in [6, 6.07) is 11.6. The van der Waals surface area contributed by atoms with E-state index < -0.39 is 11.8 Å². The lowest BCUT2D eigenvalue weighted by atomic mass is 9.51. The molecule has 0 amide bonds. The molecule has 1 aliphatic carbocycles. The van der Waals surface area contributed by atoms with E-state index >= 15 is 0 Å². The zero-order valence-electron chi connectivity index (χ0n) is 27.3. The molecule has 0 bridgehead atoms. The van der Waals surface area contributed by atoms with Crippen LogP contribution in [0.4, 0.5) is 0 Å². The molecule has 1 fully saturated rings. The van der Waals surface area contributed by atoms with Crippen molar-refractivity contribution in [2.75, 3.05) is 24.7 Å². The van der Waals surface area contributed by atoms with Crippen molar-refractivity contribution in [3.05, 3.63) is 47.5 Å². The summed E-state index contributed by atoms with van der Waals surface area (Å²) in [7, 11) is 0. The molecule has 0 radical (unpaired) electrons. The van der Waals surface area contributed by atoms with Crippen molar-refractivity contribution >= 4 is 37.2 Å². The number of unbranched alkanes of at least 4 members (excludes halogenated alkanes) is 14. The summed E-state index contributed by atoms with van der Waals surface area (Å²) in [6.45, 7) is 1.29. The topological polar surface area (TPSA) is 71.1 Å². The number of hydrogen-bond acceptors (Lipinski definition) is 8. The highest BCUT2D eigenvalue weighted by Gasteiger charge is 2.64. The third-order valence-electron chi connectivity index (χ3n) is 9.84. The number of thiol groups is 2. The highest BCUT2D eigenvalue weighted by Crippen LogP contribution is 2.65. The lowest BCUT2D eigenvalue weighted by Crippen LogP contribution is -2.57. The number of benzene rings is 2. The Bertz CT molecular complexity index is 1180. The number of ether oxygens (including phenoxy) is 4. The lowest BCUT2D eigenvalue weighted by molar-refractivity contribution is -0.165. The molecule has 46 heavy (non-hydrogen) atoms. The molecular formula is C38H52O6S2. The van der Waals surface area contributed by atoms with Gasteiger partial charge in [-0.05, 0) is 60.4 Å². The summed E-state index contributed by atoms with van der Waals surface area (Å²) in [5.41, 5.74) is 1.91. The van der Waals surface area contributed by atoms with Gasteiger partial charge in [0.15, 0.2) is 0 Å². The van der Waals surface area contributed by atoms with Gasteiger partial charge in [0.25, 0.3) is 0 Å². The zero-order chi connectivity index (χ0) is 32.1. The van der Waals surface area contributed by atoms with E-state index in [2.05, 4.69) is 25.3 Å². The van der Waals surface area contributed by atoms with Crippen molar-refractivity contribution in [2.45, 2.75) is 115 Å². The Morgan fingerprint density at radius 3 is 1.20 bits per heavy atom. The monoisotopic (exact) mass is 668 g/mol. The zero-order valence-corrected chi connectivity index (χ0v) is 29.0. The van der Waals surface area contributed by atoms with Gasteiger partial charge in [-0.15, -0.1) is 0 Å². The van der Waals surface area contributed by atoms with Gasteiger partial charge in [-0.2, -0.15) is 25.3 Å². The van der Waals surface area contributed by atoms with Crippen molar-refractivity contribution in [3.8, 4) is 23.0 Å². The summed E-state index contributed by atoms with van der Waals surface area (Å²) in [5, 5.41) is 0. The van der Waals surface area contributed by atoms with Crippen LogP contribution in [0.1, 0.15) is 126 Å².